The average molecular weight is 316 g/mol. The molecule has 100 valence electrons. The van der Waals surface area contributed by atoms with Gasteiger partial charge in [-0.3, -0.25) is 0 Å². The molecule has 0 bridgehead atoms. The first-order valence-corrected chi connectivity index (χ1v) is 7.18. The molecule has 0 aliphatic heterocycles. The van der Waals surface area contributed by atoms with E-state index in [1.807, 2.05) is 0 Å². The lowest BCUT2D eigenvalue weighted by molar-refractivity contribution is 0.344. The quantitative estimate of drug-likeness (QED) is 0.675. The van der Waals surface area contributed by atoms with Crippen LogP contribution in [0, 0.1) is 0 Å². The largest absolute Gasteiger partial charge is 0.491 e. The van der Waals surface area contributed by atoms with E-state index in [1.54, 1.807) is 30.6 Å². The van der Waals surface area contributed by atoms with Crippen LogP contribution >= 0.6 is 35.0 Å². The average Bonchev–Trinajstić information content (AvgIpc) is 2.38. The van der Waals surface area contributed by atoms with Crippen LogP contribution in [0.5, 0.6) is 5.75 Å². The van der Waals surface area contributed by atoms with Crippen molar-refractivity contribution in [3.05, 3.63) is 40.6 Å². The number of thioether (sulfide) groups is 1. The molecule has 0 saturated carbocycles. The number of nitrogens with zero attached hydrogens (tertiary/aromatic N) is 2. The van der Waals surface area contributed by atoms with Crippen molar-refractivity contribution in [1.82, 2.24) is 9.97 Å². The molecule has 2 N–H and O–H groups in total. The van der Waals surface area contributed by atoms with Gasteiger partial charge in [0.25, 0.3) is 0 Å². The van der Waals surface area contributed by atoms with E-state index >= 15 is 0 Å². The monoisotopic (exact) mass is 315 g/mol. The molecule has 0 amide bonds. The molecule has 0 atom stereocenters. The van der Waals surface area contributed by atoms with Gasteiger partial charge in [-0.15, -0.1) is 0 Å². The molecule has 2 rings (SSSR count). The fraction of sp³-hybridized carbons (Fsp3) is 0.167. The summed E-state index contributed by atoms with van der Waals surface area (Å²) in [4.78, 5) is 8.09. The molecule has 0 saturated heterocycles. The van der Waals surface area contributed by atoms with Crippen molar-refractivity contribution in [2.45, 2.75) is 5.03 Å². The second kappa shape index (κ2) is 6.84. The summed E-state index contributed by atoms with van der Waals surface area (Å²) in [6, 6.07) is 5.12. The molecule has 0 aliphatic rings. The summed E-state index contributed by atoms with van der Waals surface area (Å²) in [6.07, 6.45) is 3.17. The molecule has 1 aromatic heterocycles. The number of hydrogen-bond donors (Lipinski definition) is 1. The first-order chi connectivity index (χ1) is 9.16. The van der Waals surface area contributed by atoms with Gasteiger partial charge in [0.05, 0.1) is 11.6 Å². The minimum atomic E-state index is 0.428. The molecule has 0 unspecified atom stereocenters. The second-order valence-electron chi connectivity index (χ2n) is 3.52. The summed E-state index contributed by atoms with van der Waals surface area (Å²) in [6.45, 7) is 0.488. The number of ether oxygens (including phenoxy) is 1. The zero-order chi connectivity index (χ0) is 13.7. The van der Waals surface area contributed by atoms with Crippen molar-refractivity contribution in [3.63, 3.8) is 0 Å². The number of nitrogen functional groups attached to an aromatic ring is 1. The predicted octanol–water partition coefficient (Wildman–Crippen LogP) is 3.54. The van der Waals surface area contributed by atoms with Crippen LogP contribution in [0.3, 0.4) is 0 Å². The lowest BCUT2D eigenvalue weighted by atomic mass is 10.3. The molecule has 2 aromatic rings. The van der Waals surface area contributed by atoms with E-state index in [0.29, 0.717) is 39.0 Å². The van der Waals surface area contributed by atoms with Gasteiger partial charge in [0, 0.05) is 23.2 Å². The molecule has 0 fully saturated rings. The van der Waals surface area contributed by atoms with E-state index in [0.717, 1.165) is 0 Å². The van der Waals surface area contributed by atoms with Gasteiger partial charge >= 0.3 is 0 Å². The van der Waals surface area contributed by atoms with Crippen LogP contribution < -0.4 is 10.5 Å². The molecule has 19 heavy (non-hydrogen) atoms. The minimum absolute atomic E-state index is 0.428. The molecule has 0 spiro atoms. The Morgan fingerprint density at radius 3 is 2.74 bits per heavy atom. The highest BCUT2D eigenvalue weighted by Crippen LogP contribution is 2.28. The summed E-state index contributed by atoms with van der Waals surface area (Å²) >= 11 is 13.3. The lowest BCUT2D eigenvalue weighted by Crippen LogP contribution is -2.02. The molecular weight excluding hydrogens is 305 g/mol. The highest BCUT2D eigenvalue weighted by Gasteiger charge is 2.04. The maximum Gasteiger partial charge on any atom is 0.156 e. The van der Waals surface area contributed by atoms with Crippen molar-refractivity contribution < 1.29 is 4.74 Å². The zero-order valence-corrected chi connectivity index (χ0v) is 12.2. The van der Waals surface area contributed by atoms with E-state index in [4.69, 9.17) is 33.7 Å². The van der Waals surface area contributed by atoms with Crippen molar-refractivity contribution in [2.24, 2.45) is 0 Å². The van der Waals surface area contributed by atoms with Crippen LogP contribution in [0.15, 0.2) is 35.6 Å². The summed E-state index contributed by atoms with van der Waals surface area (Å²) in [5.74, 6) is 1.73. The van der Waals surface area contributed by atoms with Crippen LogP contribution in [0.4, 0.5) is 5.82 Å². The topological polar surface area (TPSA) is 61.0 Å². The van der Waals surface area contributed by atoms with Gasteiger partial charge in [-0.05, 0) is 18.2 Å². The SMILES string of the molecule is Nc1nccnc1SCCOc1ccc(Cl)cc1Cl. The van der Waals surface area contributed by atoms with Gasteiger partial charge in [0.1, 0.15) is 10.8 Å². The van der Waals surface area contributed by atoms with Crippen LogP contribution in [-0.2, 0) is 0 Å². The summed E-state index contributed by atoms with van der Waals surface area (Å²) in [5.41, 5.74) is 5.68. The number of hydrogen-bond acceptors (Lipinski definition) is 5. The van der Waals surface area contributed by atoms with E-state index in [1.165, 1.54) is 11.8 Å². The summed E-state index contributed by atoms with van der Waals surface area (Å²) in [7, 11) is 0. The van der Waals surface area contributed by atoms with Crippen molar-refractivity contribution in [3.8, 4) is 5.75 Å². The third-order valence-corrected chi connectivity index (χ3v) is 3.65. The lowest BCUT2D eigenvalue weighted by Gasteiger charge is -2.08. The number of halogens is 2. The Hall–Kier alpha value is -1.17. The third kappa shape index (κ3) is 4.16. The number of benzene rings is 1. The first kappa shape index (κ1) is 14.2. The van der Waals surface area contributed by atoms with Crippen LogP contribution in [-0.4, -0.2) is 22.3 Å². The Labute approximate surface area is 125 Å². The first-order valence-electron chi connectivity index (χ1n) is 5.44. The van der Waals surface area contributed by atoms with Gasteiger partial charge in [-0.1, -0.05) is 35.0 Å². The van der Waals surface area contributed by atoms with E-state index in [9.17, 15) is 0 Å². The van der Waals surface area contributed by atoms with Crippen LogP contribution in [0.1, 0.15) is 0 Å². The normalized spacial score (nSPS) is 10.4. The molecule has 0 radical (unpaired) electrons. The minimum Gasteiger partial charge on any atom is -0.491 e. The van der Waals surface area contributed by atoms with Gasteiger partial charge in [-0.25, -0.2) is 9.97 Å². The highest BCUT2D eigenvalue weighted by molar-refractivity contribution is 7.99. The highest BCUT2D eigenvalue weighted by atomic mass is 35.5. The molecule has 4 nitrogen and oxygen atoms in total. The maximum atomic E-state index is 5.99. The van der Waals surface area contributed by atoms with E-state index in [2.05, 4.69) is 9.97 Å². The zero-order valence-electron chi connectivity index (χ0n) is 9.85. The van der Waals surface area contributed by atoms with Crippen molar-refractivity contribution in [2.75, 3.05) is 18.1 Å². The Bertz CT molecular complexity index is 568. The fourth-order valence-electron chi connectivity index (χ4n) is 1.33. The standard InChI is InChI=1S/C12H11Cl2N3OS/c13-8-1-2-10(9(14)7-8)18-5-6-19-12-11(15)16-3-4-17-12/h1-4,7H,5-6H2,(H2,15,16). The van der Waals surface area contributed by atoms with Gasteiger partial charge in [-0.2, -0.15) is 0 Å². The molecular formula is C12H11Cl2N3OS. The number of anilines is 1. The maximum absolute atomic E-state index is 5.99. The fourth-order valence-corrected chi connectivity index (χ4v) is 2.49. The van der Waals surface area contributed by atoms with E-state index in [-0.39, 0.29) is 0 Å². The summed E-state index contributed by atoms with van der Waals surface area (Å²) < 4.78 is 5.55. The number of aromatic nitrogens is 2. The molecule has 1 aromatic carbocycles. The molecule has 1 heterocycles. The van der Waals surface area contributed by atoms with E-state index < -0.39 is 0 Å². The van der Waals surface area contributed by atoms with Crippen LogP contribution in [0.25, 0.3) is 0 Å². The second-order valence-corrected chi connectivity index (χ2v) is 5.45. The molecule has 0 aliphatic carbocycles. The number of rotatable bonds is 5. The van der Waals surface area contributed by atoms with Gasteiger partial charge in [0.2, 0.25) is 0 Å². The number of nitrogens with two attached hydrogens (primary N) is 1. The smallest absolute Gasteiger partial charge is 0.156 e. The Morgan fingerprint density at radius 2 is 2.00 bits per heavy atom. The third-order valence-electron chi connectivity index (χ3n) is 2.16. The summed E-state index contributed by atoms with van der Waals surface area (Å²) in [5, 5.41) is 1.78. The Balaban J connectivity index is 1.83. The van der Waals surface area contributed by atoms with Gasteiger partial charge in [0.15, 0.2) is 5.82 Å². The van der Waals surface area contributed by atoms with Crippen LogP contribution in [0.2, 0.25) is 10.0 Å². The van der Waals surface area contributed by atoms with Gasteiger partial charge < -0.3 is 10.5 Å². The Kier molecular flexibility index (Phi) is 5.13. The van der Waals surface area contributed by atoms with Crippen molar-refractivity contribution in [1.29, 1.82) is 0 Å². The Morgan fingerprint density at radius 1 is 1.21 bits per heavy atom. The predicted molar refractivity (Wildman–Crippen MR) is 79.1 cm³/mol. The van der Waals surface area contributed by atoms with Crippen molar-refractivity contribution >= 4 is 40.8 Å². The molecule has 7 heteroatoms.